The number of carbonyl (C=O) groups is 3. The van der Waals surface area contributed by atoms with Crippen molar-refractivity contribution in [3.8, 4) is 0 Å². The van der Waals surface area contributed by atoms with Gasteiger partial charge in [-0.2, -0.15) is 0 Å². The Labute approximate surface area is 131 Å². The van der Waals surface area contributed by atoms with Gasteiger partial charge in [0.15, 0.2) is 5.82 Å². The fraction of sp³-hybridized carbons (Fsp3) is 0.0667. The van der Waals surface area contributed by atoms with Crippen LogP contribution in [0.3, 0.4) is 0 Å². The summed E-state index contributed by atoms with van der Waals surface area (Å²) >= 11 is 0. The molecule has 2 N–H and O–H groups in total. The van der Waals surface area contributed by atoms with Crippen molar-refractivity contribution < 1.29 is 18.8 Å². The number of hydrogen-bond acceptors (Lipinski definition) is 5. The lowest BCUT2D eigenvalue weighted by molar-refractivity contribution is -0.116. The van der Waals surface area contributed by atoms with Gasteiger partial charge >= 0.3 is 6.03 Å². The van der Waals surface area contributed by atoms with E-state index in [1.165, 1.54) is 12.5 Å². The van der Waals surface area contributed by atoms with Gasteiger partial charge in [0.2, 0.25) is 5.88 Å². The first-order valence-corrected chi connectivity index (χ1v) is 6.59. The molecule has 0 saturated carbocycles. The molecule has 2 aromatic heterocycles. The number of urea groups is 1. The molecule has 0 atom stereocenters. The minimum absolute atomic E-state index is 0.138. The smallest absolute Gasteiger partial charge is 0.326 e. The van der Waals surface area contributed by atoms with Crippen LogP contribution in [0.25, 0.3) is 0 Å². The normalized spacial score (nSPS) is 9.74. The van der Waals surface area contributed by atoms with Gasteiger partial charge in [0.05, 0.1) is 18.5 Å². The second-order valence-corrected chi connectivity index (χ2v) is 4.25. The molecular weight excluding hydrogens is 300 g/mol. The van der Waals surface area contributed by atoms with E-state index >= 15 is 0 Å². The van der Waals surface area contributed by atoms with Gasteiger partial charge in [-0.15, -0.1) is 0 Å². The Morgan fingerprint density at radius 3 is 2.78 bits per heavy atom. The van der Waals surface area contributed by atoms with E-state index < -0.39 is 11.9 Å². The third-order valence-corrected chi connectivity index (χ3v) is 2.75. The molecule has 0 aliphatic carbocycles. The van der Waals surface area contributed by atoms with E-state index in [-0.39, 0.29) is 23.9 Å². The average Bonchev–Trinajstić information content (AvgIpc) is 3.05. The van der Waals surface area contributed by atoms with Crippen LogP contribution in [0.1, 0.15) is 0 Å². The number of anilines is 3. The molecular formula is C15H14N4O4. The van der Waals surface area contributed by atoms with Crippen molar-refractivity contribution in [2.24, 2.45) is 0 Å². The standard InChI is InChI=1S/C15H14N4O4/c1-2-13(21)19(8-9-20)14-11(5-3-7-16-14)17-15(22)18-12-6-4-10-23-12/h2-7,9-10H,1,8H2,(H2,17,18,22). The van der Waals surface area contributed by atoms with Crippen LogP contribution in [0.2, 0.25) is 0 Å². The van der Waals surface area contributed by atoms with E-state index in [0.29, 0.717) is 6.29 Å². The summed E-state index contributed by atoms with van der Waals surface area (Å²) < 4.78 is 5.00. The van der Waals surface area contributed by atoms with Gasteiger partial charge in [-0.1, -0.05) is 6.58 Å². The van der Waals surface area contributed by atoms with Crippen LogP contribution in [0.15, 0.2) is 53.8 Å². The summed E-state index contributed by atoms with van der Waals surface area (Å²) in [5.41, 5.74) is 0.258. The molecule has 0 bridgehead atoms. The maximum atomic E-state index is 11.9. The van der Waals surface area contributed by atoms with Gasteiger partial charge in [0, 0.05) is 12.3 Å². The SMILES string of the molecule is C=CC(=O)N(CC=O)c1ncccc1NC(=O)Nc1ccco1. The highest BCUT2D eigenvalue weighted by Gasteiger charge is 2.18. The first-order chi connectivity index (χ1) is 11.2. The van der Waals surface area contributed by atoms with Gasteiger partial charge in [-0.3, -0.25) is 15.0 Å². The monoisotopic (exact) mass is 314 g/mol. The highest BCUT2D eigenvalue weighted by molar-refractivity contribution is 6.07. The van der Waals surface area contributed by atoms with Crippen molar-refractivity contribution in [1.29, 1.82) is 0 Å². The zero-order valence-electron chi connectivity index (χ0n) is 12.1. The quantitative estimate of drug-likeness (QED) is 0.627. The molecule has 0 unspecified atom stereocenters. The maximum absolute atomic E-state index is 11.9. The van der Waals surface area contributed by atoms with Crippen LogP contribution >= 0.6 is 0 Å². The Hall–Kier alpha value is -3.42. The predicted octanol–water partition coefficient (Wildman–Crippen LogP) is 2.04. The van der Waals surface area contributed by atoms with Gasteiger partial charge in [0.25, 0.3) is 5.91 Å². The second-order valence-electron chi connectivity index (χ2n) is 4.25. The maximum Gasteiger partial charge on any atom is 0.326 e. The summed E-state index contributed by atoms with van der Waals surface area (Å²) in [5, 5.41) is 5.02. The molecule has 0 aliphatic rings. The van der Waals surface area contributed by atoms with Gasteiger partial charge in [-0.25, -0.2) is 9.78 Å². The van der Waals surface area contributed by atoms with E-state index in [4.69, 9.17) is 4.42 Å². The molecule has 0 aromatic carbocycles. The van der Waals surface area contributed by atoms with Crippen LogP contribution in [0.5, 0.6) is 0 Å². The van der Waals surface area contributed by atoms with Crippen molar-refractivity contribution in [3.05, 3.63) is 49.4 Å². The van der Waals surface area contributed by atoms with E-state index in [2.05, 4.69) is 22.2 Å². The molecule has 8 nitrogen and oxygen atoms in total. The van der Waals surface area contributed by atoms with Gasteiger partial charge in [0.1, 0.15) is 6.29 Å². The van der Waals surface area contributed by atoms with E-state index in [1.807, 2.05) is 0 Å². The van der Waals surface area contributed by atoms with Crippen LogP contribution in [0.4, 0.5) is 22.2 Å². The Bertz CT molecular complexity index is 712. The van der Waals surface area contributed by atoms with E-state index in [1.54, 1.807) is 24.3 Å². The summed E-state index contributed by atoms with van der Waals surface area (Å²) in [4.78, 5) is 39.7. The lowest BCUT2D eigenvalue weighted by Crippen LogP contribution is -2.33. The summed E-state index contributed by atoms with van der Waals surface area (Å²) in [7, 11) is 0. The molecule has 0 spiro atoms. The number of hydrogen-bond donors (Lipinski definition) is 2. The number of rotatable bonds is 6. The molecule has 0 aliphatic heterocycles. The third kappa shape index (κ3) is 4.03. The molecule has 3 amide bonds. The number of aromatic nitrogens is 1. The van der Waals surface area contributed by atoms with Crippen molar-refractivity contribution in [2.75, 3.05) is 22.1 Å². The summed E-state index contributed by atoms with van der Waals surface area (Å²) in [6.45, 7) is 3.17. The Morgan fingerprint density at radius 2 is 2.13 bits per heavy atom. The summed E-state index contributed by atoms with van der Waals surface area (Å²) in [6.07, 6.45) is 4.48. The molecule has 0 saturated heterocycles. The van der Waals surface area contributed by atoms with Crippen molar-refractivity contribution in [2.45, 2.75) is 0 Å². The summed E-state index contributed by atoms with van der Waals surface area (Å²) in [5.74, 6) is -0.107. The third-order valence-electron chi connectivity index (χ3n) is 2.75. The van der Waals surface area contributed by atoms with Crippen LogP contribution in [-0.4, -0.2) is 29.8 Å². The zero-order chi connectivity index (χ0) is 16.7. The largest absolute Gasteiger partial charge is 0.449 e. The molecule has 2 heterocycles. The lowest BCUT2D eigenvalue weighted by Gasteiger charge is -2.20. The predicted molar refractivity (Wildman–Crippen MR) is 84.2 cm³/mol. The minimum atomic E-state index is -0.577. The molecule has 0 radical (unpaired) electrons. The van der Waals surface area contributed by atoms with Gasteiger partial charge in [-0.05, 0) is 24.3 Å². The first-order valence-electron chi connectivity index (χ1n) is 6.59. The number of aldehydes is 1. The number of carbonyl (C=O) groups excluding carboxylic acids is 3. The highest BCUT2D eigenvalue weighted by atomic mass is 16.3. The zero-order valence-corrected chi connectivity index (χ0v) is 12.1. The van der Waals surface area contributed by atoms with Crippen molar-refractivity contribution in [1.82, 2.24) is 4.98 Å². The lowest BCUT2D eigenvalue weighted by atomic mass is 10.3. The fourth-order valence-electron chi connectivity index (χ4n) is 1.79. The minimum Gasteiger partial charge on any atom is -0.449 e. The Kier molecular flexibility index (Phi) is 5.24. The van der Waals surface area contributed by atoms with Crippen molar-refractivity contribution in [3.63, 3.8) is 0 Å². The van der Waals surface area contributed by atoms with Crippen LogP contribution in [-0.2, 0) is 9.59 Å². The molecule has 118 valence electrons. The van der Waals surface area contributed by atoms with E-state index in [0.717, 1.165) is 11.0 Å². The molecule has 8 heteroatoms. The molecule has 2 aromatic rings. The average molecular weight is 314 g/mol. The topological polar surface area (TPSA) is 105 Å². The number of amides is 3. The fourth-order valence-corrected chi connectivity index (χ4v) is 1.79. The highest BCUT2D eigenvalue weighted by Crippen LogP contribution is 2.23. The second kappa shape index (κ2) is 7.55. The molecule has 23 heavy (non-hydrogen) atoms. The molecule has 2 rings (SSSR count). The van der Waals surface area contributed by atoms with Crippen molar-refractivity contribution >= 4 is 35.6 Å². The van der Waals surface area contributed by atoms with Crippen LogP contribution in [0, 0.1) is 0 Å². The Morgan fingerprint density at radius 1 is 1.30 bits per heavy atom. The number of nitrogens with one attached hydrogen (secondary N) is 2. The van der Waals surface area contributed by atoms with Gasteiger partial charge < -0.3 is 14.5 Å². The number of nitrogens with zero attached hydrogens (tertiary/aromatic N) is 2. The van der Waals surface area contributed by atoms with Crippen LogP contribution < -0.4 is 15.5 Å². The first kappa shape index (κ1) is 16.0. The Balaban J connectivity index is 2.21. The molecule has 0 fully saturated rings. The summed E-state index contributed by atoms with van der Waals surface area (Å²) in [6, 6.07) is 5.76. The van der Waals surface area contributed by atoms with E-state index in [9.17, 15) is 14.4 Å². The number of furan rings is 1. The number of pyridine rings is 1.